The molecular formula is C61H110O6. The van der Waals surface area contributed by atoms with Gasteiger partial charge in [-0.3, -0.25) is 14.4 Å². The number of carbonyl (C=O) groups is 3. The molecule has 0 radical (unpaired) electrons. The molecule has 0 aromatic rings. The lowest BCUT2D eigenvalue weighted by atomic mass is 10.0. The fourth-order valence-corrected chi connectivity index (χ4v) is 8.43. The maximum atomic E-state index is 12.9. The van der Waals surface area contributed by atoms with Gasteiger partial charge >= 0.3 is 17.9 Å². The summed E-state index contributed by atoms with van der Waals surface area (Å²) in [4.78, 5) is 38.1. The van der Waals surface area contributed by atoms with E-state index < -0.39 is 6.10 Å². The molecule has 0 aliphatic rings. The molecule has 1 atom stereocenters. The molecule has 0 rings (SSSR count). The van der Waals surface area contributed by atoms with Crippen LogP contribution in [0.4, 0.5) is 0 Å². The summed E-state index contributed by atoms with van der Waals surface area (Å²) in [5, 5.41) is 0. The highest BCUT2D eigenvalue weighted by Gasteiger charge is 2.19. The zero-order valence-electron chi connectivity index (χ0n) is 44.7. The maximum Gasteiger partial charge on any atom is 0.306 e. The van der Waals surface area contributed by atoms with Gasteiger partial charge in [0.15, 0.2) is 6.10 Å². The Morgan fingerprint density at radius 3 is 0.866 bits per heavy atom. The SMILES string of the molecule is CCCCC/C=C/C/C=C/C/C=C/C/C=C/CCCCCC(=O)OC[C@@H](COC(=O)CCCCCCCCCCCCCCC)OC(=O)CCCCCCCCCCCCCCCCCCC. The van der Waals surface area contributed by atoms with Crippen molar-refractivity contribution in [1.29, 1.82) is 0 Å². The first kappa shape index (κ1) is 64.4. The van der Waals surface area contributed by atoms with Crippen LogP contribution in [0.3, 0.4) is 0 Å². The van der Waals surface area contributed by atoms with Crippen LogP contribution in [0.25, 0.3) is 0 Å². The molecule has 0 bridgehead atoms. The second kappa shape index (κ2) is 56.0. The molecule has 0 aliphatic heterocycles. The third-order valence-electron chi connectivity index (χ3n) is 12.8. The van der Waals surface area contributed by atoms with Gasteiger partial charge in [-0.25, -0.2) is 0 Å². The van der Waals surface area contributed by atoms with Gasteiger partial charge < -0.3 is 14.2 Å². The number of unbranched alkanes of at least 4 members (excludes halogenated alkanes) is 34. The summed E-state index contributed by atoms with van der Waals surface area (Å²) in [6.45, 7) is 6.62. The van der Waals surface area contributed by atoms with Crippen LogP contribution in [0.1, 0.15) is 303 Å². The van der Waals surface area contributed by atoms with Crippen molar-refractivity contribution >= 4 is 17.9 Å². The number of esters is 3. The summed E-state index contributed by atoms with van der Waals surface area (Å²) in [6.07, 6.45) is 68.1. The molecule has 0 saturated heterocycles. The van der Waals surface area contributed by atoms with Gasteiger partial charge in [-0.1, -0.05) is 268 Å². The zero-order chi connectivity index (χ0) is 48.6. The van der Waals surface area contributed by atoms with Gasteiger partial charge in [0.2, 0.25) is 0 Å². The summed E-state index contributed by atoms with van der Waals surface area (Å²) < 4.78 is 16.9. The second-order valence-electron chi connectivity index (χ2n) is 19.6. The van der Waals surface area contributed by atoms with Crippen molar-refractivity contribution < 1.29 is 28.6 Å². The Kier molecular flexibility index (Phi) is 53.8. The van der Waals surface area contributed by atoms with Crippen LogP contribution in [-0.2, 0) is 28.6 Å². The highest BCUT2D eigenvalue weighted by molar-refractivity contribution is 5.71. The maximum absolute atomic E-state index is 12.9. The molecule has 0 amide bonds. The first-order valence-corrected chi connectivity index (χ1v) is 29.1. The minimum atomic E-state index is -0.782. The lowest BCUT2D eigenvalue weighted by Crippen LogP contribution is -2.30. The fourth-order valence-electron chi connectivity index (χ4n) is 8.43. The number of carbonyl (C=O) groups excluding carboxylic acids is 3. The van der Waals surface area contributed by atoms with Crippen molar-refractivity contribution in [3.63, 3.8) is 0 Å². The van der Waals surface area contributed by atoms with E-state index in [0.717, 1.165) is 83.5 Å². The van der Waals surface area contributed by atoms with Crippen molar-refractivity contribution in [2.45, 2.75) is 309 Å². The summed E-state index contributed by atoms with van der Waals surface area (Å²) in [6, 6.07) is 0. The minimum Gasteiger partial charge on any atom is -0.462 e. The average molecular weight is 940 g/mol. The average Bonchev–Trinajstić information content (AvgIpc) is 3.33. The van der Waals surface area contributed by atoms with Crippen LogP contribution in [0.15, 0.2) is 48.6 Å². The van der Waals surface area contributed by atoms with Crippen molar-refractivity contribution in [2.24, 2.45) is 0 Å². The van der Waals surface area contributed by atoms with Gasteiger partial charge in [0.1, 0.15) is 13.2 Å². The first-order valence-electron chi connectivity index (χ1n) is 29.1. The fraction of sp³-hybridized carbons (Fsp3) is 0.820. The van der Waals surface area contributed by atoms with E-state index in [4.69, 9.17) is 14.2 Å². The highest BCUT2D eigenvalue weighted by Crippen LogP contribution is 2.17. The molecule has 6 heteroatoms. The van der Waals surface area contributed by atoms with Gasteiger partial charge in [-0.05, 0) is 64.2 Å². The summed E-state index contributed by atoms with van der Waals surface area (Å²) in [7, 11) is 0. The lowest BCUT2D eigenvalue weighted by molar-refractivity contribution is -0.167. The highest BCUT2D eigenvalue weighted by atomic mass is 16.6. The monoisotopic (exact) mass is 939 g/mol. The Morgan fingerprint density at radius 2 is 0.537 bits per heavy atom. The van der Waals surface area contributed by atoms with E-state index in [1.165, 1.54) is 180 Å². The van der Waals surface area contributed by atoms with Crippen molar-refractivity contribution in [3.8, 4) is 0 Å². The van der Waals surface area contributed by atoms with Crippen molar-refractivity contribution in [2.75, 3.05) is 13.2 Å². The molecule has 0 N–H and O–H groups in total. The van der Waals surface area contributed by atoms with Crippen LogP contribution < -0.4 is 0 Å². The van der Waals surface area contributed by atoms with Crippen LogP contribution in [0, 0.1) is 0 Å². The third-order valence-corrected chi connectivity index (χ3v) is 12.8. The van der Waals surface area contributed by atoms with E-state index in [1.807, 2.05) is 0 Å². The molecule has 0 fully saturated rings. The Morgan fingerprint density at radius 1 is 0.299 bits per heavy atom. The first-order chi connectivity index (χ1) is 33.0. The largest absolute Gasteiger partial charge is 0.462 e. The predicted octanol–water partition coefficient (Wildman–Crippen LogP) is 19.4. The van der Waals surface area contributed by atoms with Gasteiger partial charge in [0.25, 0.3) is 0 Å². The Bertz CT molecular complexity index is 1170. The van der Waals surface area contributed by atoms with E-state index in [9.17, 15) is 14.4 Å². The van der Waals surface area contributed by atoms with Gasteiger partial charge in [-0.2, -0.15) is 0 Å². The van der Waals surface area contributed by atoms with E-state index in [0.29, 0.717) is 19.3 Å². The zero-order valence-corrected chi connectivity index (χ0v) is 44.7. The minimum absolute atomic E-state index is 0.0789. The van der Waals surface area contributed by atoms with Gasteiger partial charge in [0.05, 0.1) is 0 Å². The molecule has 390 valence electrons. The number of hydrogen-bond acceptors (Lipinski definition) is 6. The topological polar surface area (TPSA) is 78.9 Å². The van der Waals surface area contributed by atoms with E-state index in [1.54, 1.807) is 0 Å². The molecule has 0 aromatic carbocycles. The van der Waals surface area contributed by atoms with E-state index in [-0.39, 0.29) is 31.1 Å². The molecule has 0 heterocycles. The van der Waals surface area contributed by atoms with Crippen molar-refractivity contribution in [1.82, 2.24) is 0 Å². The molecule has 0 spiro atoms. The predicted molar refractivity (Wildman–Crippen MR) is 289 cm³/mol. The lowest BCUT2D eigenvalue weighted by Gasteiger charge is -2.18. The number of allylic oxidation sites excluding steroid dienone is 8. The van der Waals surface area contributed by atoms with Gasteiger partial charge in [-0.15, -0.1) is 0 Å². The summed E-state index contributed by atoms with van der Waals surface area (Å²) in [5.41, 5.74) is 0. The van der Waals surface area contributed by atoms with Crippen LogP contribution in [0.2, 0.25) is 0 Å². The van der Waals surface area contributed by atoms with Crippen LogP contribution in [0.5, 0.6) is 0 Å². The standard InChI is InChI=1S/C61H110O6/c1-4-7-10-13-16-19-22-25-27-29-30-32-33-36-39-42-45-48-51-54-60(63)66-57-58(56-65-59(62)53-50-47-44-41-38-35-24-21-18-15-12-9-6-3)67-61(64)55-52-49-46-43-40-37-34-31-28-26-23-20-17-14-11-8-5-2/h16,19,25,27,30,32,36,39,58H,4-15,17-18,20-24,26,28-29,31,33-35,37-38,40-57H2,1-3H3/b19-16+,27-25+,32-30+,39-36+/t58-/m1/s1. The second-order valence-corrected chi connectivity index (χ2v) is 19.6. The number of rotatable bonds is 53. The molecule has 0 aromatic heterocycles. The molecule has 6 nitrogen and oxygen atoms in total. The Balaban J connectivity index is 4.39. The Hall–Kier alpha value is -2.63. The molecular weight excluding hydrogens is 829 g/mol. The smallest absolute Gasteiger partial charge is 0.306 e. The van der Waals surface area contributed by atoms with Crippen LogP contribution in [-0.4, -0.2) is 37.2 Å². The van der Waals surface area contributed by atoms with E-state index >= 15 is 0 Å². The van der Waals surface area contributed by atoms with Crippen molar-refractivity contribution in [3.05, 3.63) is 48.6 Å². The van der Waals surface area contributed by atoms with Crippen LogP contribution >= 0.6 is 0 Å². The third kappa shape index (κ3) is 54.2. The molecule has 67 heavy (non-hydrogen) atoms. The Labute approximate surface area is 416 Å². The normalized spacial score (nSPS) is 12.3. The summed E-state index contributed by atoms with van der Waals surface area (Å²) >= 11 is 0. The molecule has 0 saturated carbocycles. The van der Waals surface area contributed by atoms with E-state index in [2.05, 4.69) is 69.4 Å². The molecule has 0 unspecified atom stereocenters. The number of hydrogen-bond donors (Lipinski definition) is 0. The summed E-state index contributed by atoms with van der Waals surface area (Å²) in [5.74, 6) is -0.894. The van der Waals surface area contributed by atoms with Gasteiger partial charge in [0, 0.05) is 19.3 Å². The molecule has 0 aliphatic carbocycles. The number of ether oxygens (including phenoxy) is 3. The quantitative estimate of drug-likeness (QED) is 0.0262.